The minimum Gasteiger partial charge on any atom is -0.387 e. The predicted molar refractivity (Wildman–Crippen MR) is 53.7 cm³/mol. The minimum atomic E-state index is -0.536. The van der Waals surface area contributed by atoms with Crippen molar-refractivity contribution in [1.82, 2.24) is 0 Å². The van der Waals surface area contributed by atoms with Gasteiger partial charge >= 0.3 is 0 Å². The molecule has 0 saturated carbocycles. The summed E-state index contributed by atoms with van der Waals surface area (Å²) in [6.45, 7) is 7.97. The van der Waals surface area contributed by atoms with Crippen molar-refractivity contribution < 1.29 is 9.84 Å². The van der Waals surface area contributed by atoms with E-state index < -0.39 is 5.60 Å². The fourth-order valence-corrected chi connectivity index (χ4v) is 1.64. The Morgan fingerprint density at radius 3 is 2.54 bits per heavy atom. The number of aliphatic hydroxyl groups is 1. The van der Waals surface area contributed by atoms with E-state index in [0.29, 0.717) is 12.0 Å². The Kier molecular flexibility index (Phi) is 3.36. The van der Waals surface area contributed by atoms with Gasteiger partial charge in [0, 0.05) is 6.61 Å². The average molecular weight is 186 g/mol. The third-order valence-corrected chi connectivity index (χ3v) is 2.64. The zero-order valence-corrected chi connectivity index (χ0v) is 9.10. The summed E-state index contributed by atoms with van der Waals surface area (Å²) >= 11 is 0. The third kappa shape index (κ3) is 4.10. The van der Waals surface area contributed by atoms with Gasteiger partial charge in [-0.15, -0.1) is 0 Å². The molecule has 1 aliphatic heterocycles. The van der Waals surface area contributed by atoms with Gasteiger partial charge < -0.3 is 9.84 Å². The Balaban J connectivity index is 2.33. The molecule has 1 N–H and O–H groups in total. The first-order valence-electron chi connectivity index (χ1n) is 5.22. The summed E-state index contributed by atoms with van der Waals surface area (Å²) in [6, 6.07) is 0. The molecule has 1 fully saturated rings. The van der Waals surface area contributed by atoms with Crippen molar-refractivity contribution in [2.24, 2.45) is 5.41 Å². The van der Waals surface area contributed by atoms with Gasteiger partial charge in [0.25, 0.3) is 0 Å². The lowest BCUT2D eigenvalue weighted by Crippen LogP contribution is -2.39. The Morgan fingerprint density at radius 2 is 2.08 bits per heavy atom. The molecule has 1 saturated heterocycles. The number of ether oxygens (including phenoxy) is 1. The molecule has 2 nitrogen and oxygen atoms in total. The fourth-order valence-electron chi connectivity index (χ4n) is 1.64. The standard InChI is InChI=1S/C11H22O2/c1-10(2,3)6-7-11(12)5-4-8-13-9-11/h12H,4-9H2,1-3H3. The van der Waals surface area contributed by atoms with Crippen molar-refractivity contribution in [3.8, 4) is 0 Å². The van der Waals surface area contributed by atoms with Gasteiger partial charge in [0.1, 0.15) is 0 Å². The van der Waals surface area contributed by atoms with Gasteiger partial charge in [-0.3, -0.25) is 0 Å². The first-order valence-corrected chi connectivity index (χ1v) is 5.22. The molecule has 2 heteroatoms. The Bertz CT molecular complexity index is 152. The molecular formula is C11H22O2. The van der Waals surface area contributed by atoms with Crippen molar-refractivity contribution in [3.05, 3.63) is 0 Å². The van der Waals surface area contributed by atoms with Crippen LogP contribution in [0.15, 0.2) is 0 Å². The van der Waals surface area contributed by atoms with Crippen LogP contribution >= 0.6 is 0 Å². The lowest BCUT2D eigenvalue weighted by atomic mass is 9.82. The molecule has 1 unspecified atom stereocenters. The van der Waals surface area contributed by atoms with E-state index >= 15 is 0 Å². The highest BCUT2D eigenvalue weighted by atomic mass is 16.5. The molecule has 1 heterocycles. The number of hydrogen-bond donors (Lipinski definition) is 1. The molecule has 78 valence electrons. The van der Waals surface area contributed by atoms with Crippen LogP contribution in [0.25, 0.3) is 0 Å². The highest BCUT2D eigenvalue weighted by Crippen LogP contribution is 2.30. The Morgan fingerprint density at radius 1 is 1.38 bits per heavy atom. The molecule has 0 aliphatic carbocycles. The molecule has 0 spiro atoms. The van der Waals surface area contributed by atoms with Gasteiger partial charge in [0.2, 0.25) is 0 Å². The summed E-state index contributed by atoms with van der Waals surface area (Å²) in [5.41, 5.74) is -0.224. The normalized spacial score (nSPS) is 30.5. The van der Waals surface area contributed by atoms with Crippen LogP contribution in [-0.4, -0.2) is 23.9 Å². The summed E-state index contributed by atoms with van der Waals surface area (Å²) in [7, 11) is 0. The maximum Gasteiger partial charge on any atom is 0.0881 e. The van der Waals surface area contributed by atoms with Crippen LogP contribution in [0, 0.1) is 5.41 Å². The molecule has 0 aromatic carbocycles. The van der Waals surface area contributed by atoms with Crippen molar-refractivity contribution >= 4 is 0 Å². The second-order valence-electron chi connectivity index (χ2n) is 5.44. The van der Waals surface area contributed by atoms with Gasteiger partial charge in [-0.25, -0.2) is 0 Å². The van der Waals surface area contributed by atoms with Gasteiger partial charge in [-0.1, -0.05) is 20.8 Å². The summed E-state index contributed by atoms with van der Waals surface area (Å²) in [6.07, 6.45) is 3.84. The molecule has 13 heavy (non-hydrogen) atoms. The summed E-state index contributed by atoms with van der Waals surface area (Å²) in [5.74, 6) is 0. The quantitative estimate of drug-likeness (QED) is 0.717. The minimum absolute atomic E-state index is 0.313. The molecule has 0 bridgehead atoms. The first-order chi connectivity index (χ1) is 5.91. The van der Waals surface area contributed by atoms with Crippen molar-refractivity contribution in [2.75, 3.05) is 13.2 Å². The molecule has 1 aliphatic rings. The highest BCUT2D eigenvalue weighted by Gasteiger charge is 2.31. The molecular weight excluding hydrogens is 164 g/mol. The van der Waals surface area contributed by atoms with E-state index in [1.165, 1.54) is 0 Å². The Labute approximate surface area is 81.3 Å². The first kappa shape index (κ1) is 11.0. The predicted octanol–water partition coefficient (Wildman–Crippen LogP) is 2.35. The molecule has 0 aromatic rings. The molecule has 0 aromatic heterocycles. The van der Waals surface area contributed by atoms with Gasteiger partial charge in [-0.2, -0.15) is 0 Å². The van der Waals surface area contributed by atoms with Crippen LogP contribution in [-0.2, 0) is 4.74 Å². The number of rotatable bonds is 2. The van der Waals surface area contributed by atoms with E-state index in [2.05, 4.69) is 20.8 Å². The Hall–Kier alpha value is -0.0800. The summed E-state index contributed by atoms with van der Waals surface area (Å²) < 4.78 is 5.30. The van der Waals surface area contributed by atoms with Crippen molar-refractivity contribution in [3.63, 3.8) is 0 Å². The van der Waals surface area contributed by atoms with Gasteiger partial charge in [0.15, 0.2) is 0 Å². The third-order valence-electron chi connectivity index (χ3n) is 2.64. The van der Waals surface area contributed by atoms with Crippen LogP contribution in [0.4, 0.5) is 0 Å². The zero-order valence-electron chi connectivity index (χ0n) is 9.10. The van der Waals surface area contributed by atoms with E-state index in [4.69, 9.17) is 4.74 Å². The summed E-state index contributed by atoms with van der Waals surface area (Å²) in [5, 5.41) is 10.1. The molecule has 1 rings (SSSR count). The maximum absolute atomic E-state index is 10.1. The van der Waals surface area contributed by atoms with Crippen molar-refractivity contribution in [2.45, 2.75) is 52.1 Å². The van der Waals surface area contributed by atoms with E-state index in [9.17, 15) is 5.11 Å². The fraction of sp³-hybridized carbons (Fsp3) is 1.00. The van der Waals surface area contributed by atoms with Crippen LogP contribution < -0.4 is 0 Å². The molecule has 0 amide bonds. The summed E-state index contributed by atoms with van der Waals surface area (Å²) in [4.78, 5) is 0. The molecule has 1 atom stereocenters. The second kappa shape index (κ2) is 3.97. The van der Waals surface area contributed by atoms with E-state index in [0.717, 1.165) is 32.3 Å². The van der Waals surface area contributed by atoms with E-state index in [1.807, 2.05) is 0 Å². The lowest BCUT2D eigenvalue weighted by Gasteiger charge is -2.34. The van der Waals surface area contributed by atoms with Crippen LogP contribution in [0.3, 0.4) is 0 Å². The van der Waals surface area contributed by atoms with Gasteiger partial charge in [0.05, 0.1) is 12.2 Å². The van der Waals surface area contributed by atoms with Crippen LogP contribution in [0.1, 0.15) is 46.5 Å². The second-order valence-corrected chi connectivity index (χ2v) is 5.44. The van der Waals surface area contributed by atoms with Crippen LogP contribution in [0.2, 0.25) is 0 Å². The highest BCUT2D eigenvalue weighted by molar-refractivity contribution is 4.82. The van der Waals surface area contributed by atoms with E-state index in [1.54, 1.807) is 0 Å². The lowest BCUT2D eigenvalue weighted by molar-refractivity contribution is -0.0937. The van der Waals surface area contributed by atoms with Crippen LogP contribution in [0.5, 0.6) is 0 Å². The van der Waals surface area contributed by atoms with Crippen molar-refractivity contribution in [1.29, 1.82) is 0 Å². The number of hydrogen-bond acceptors (Lipinski definition) is 2. The SMILES string of the molecule is CC(C)(C)CCC1(O)CCCOC1. The maximum atomic E-state index is 10.1. The topological polar surface area (TPSA) is 29.5 Å². The largest absolute Gasteiger partial charge is 0.387 e. The van der Waals surface area contributed by atoms with E-state index in [-0.39, 0.29) is 0 Å². The smallest absolute Gasteiger partial charge is 0.0881 e. The zero-order chi connectivity index (χ0) is 9.95. The molecule has 0 radical (unpaired) electrons. The average Bonchev–Trinajstić information content (AvgIpc) is 2.02. The monoisotopic (exact) mass is 186 g/mol. The van der Waals surface area contributed by atoms with Gasteiger partial charge in [-0.05, 0) is 31.1 Å².